The zero-order valence-corrected chi connectivity index (χ0v) is 11.0. The van der Waals surface area contributed by atoms with Crippen molar-refractivity contribution in [2.75, 3.05) is 6.54 Å². The molecule has 0 aliphatic carbocycles. The number of carbonyl (C=O) groups is 1. The quantitative estimate of drug-likeness (QED) is 0.746. The summed E-state index contributed by atoms with van der Waals surface area (Å²) in [7, 11) is 1.78. The average molecular weight is 270 g/mol. The molecule has 3 heterocycles. The molecule has 3 aromatic heterocycles. The second-order valence-corrected chi connectivity index (χ2v) is 4.43. The van der Waals surface area contributed by atoms with Gasteiger partial charge >= 0.3 is 0 Å². The number of fused-ring (bicyclic) bond motifs is 1. The van der Waals surface area contributed by atoms with Crippen LogP contribution in [0.25, 0.3) is 5.65 Å². The van der Waals surface area contributed by atoms with Crippen molar-refractivity contribution in [2.45, 2.75) is 6.42 Å². The van der Waals surface area contributed by atoms with Crippen molar-refractivity contribution in [2.24, 2.45) is 7.05 Å². The van der Waals surface area contributed by atoms with Crippen LogP contribution in [-0.2, 0) is 13.5 Å². The Bertz CT molecular complexity index is 744. The first-order chi connectivity index (χ1) is 9.74. The molecule has 3 rings (SSSR count). The average Bonchev–Trinajstić information content (AvgIpc) is 3.06. The Morgan fingerprint density at radius 2 is 2.15 bits per heavy atom. The summed E-state index contributed by atoms with van der Waals surface area (Å²) in [6, 6.07) is 7.41. The van der Waals surface area contributed by atoms with Gasteiger partial charge in [0.1, 0.15) is 11.5 Å². The van der Waals surface area contributed by atoms with Gasteiger partial charge in [-0.3, -0.25) is 13.9 Å². The zero-order valence-electron chi connectivity index (χ0n) is 11.0. The SMILES string of the molecule is Cn1ccc(C(=O)NCCc2nnc3ccccn23)n1. The van der Waals surface area contributed by atoms with Crippen molar-refractivity contribution < 1.29 is 4.79 Å². The summed E-state index contributed by atoms with van der Waals surface area (Å²) in [6.07, 6.45) is 4.26. The van der Waals surface area contributed by atoms with Gasteiger partial charge < -0.3 is 5.32 Å². The zero-order chi connectivity index (χ0) is 13.9. The topological polar surface area (TPSA) is 77.1 Å². The Labute approximate surface area is 115 Å². The first kappa shape index (κ1) is 12.3. The predicted molar refractivity (Wildman–Crippen MR) is 72.2 cm³/mol. The number of aryl methyl sites for hydroxylation is 1. The van der Waals surface area contributed by atoms with Gasteiger partial charge in [-0.05, 0) is 18.2 Å². The van der Waals surface area contributed by atoms with E-state index in [1.165, 1.54) is 0 Å². The van der Waals surface area contributed by atoms with Crippen LogP contribution in [0.5, 0.6) is 0 Å². The molecule has 7 heteroatoms. The molecule has 0 unspecified atom stereocenters. The summed E-state index contributed by atoms with van der Waals surface area (Å²) in [4.78, 5) is 11.8. The fraction of sp³-hybridized carbons (Fsp3) is 0.231. The standard InChI is InChI=1S/C13H14N6O/c1-18-9-6-10(17-18)13(20)14-7-5-12-16-15-11-4-2-3-8-19(11)12/h2-4,6,8-9H,5,7H2,1H3,(H,14,20). The molecule has 20 heavy (non-hydrogen) atoms. The molecule has 0 bridgehead atoms. The van der Waals surface area contributed by atoms with Gasteiger partial charge in [0.25, 0.3) is 5.91 Å². The summed E-state index contributed by atoms with van der Waals surface area (Å²) in [5.74, 6) is 0.640. The van der Waals surface area contributed by atoms with Gasteiger partial charge in [-0.25, -0.2) is 0 Å². The van der Waals surface area contributed by atoms with E-state index in [9.17, 15) is 4.79 Å². The molecule has 102 valence electrons. The lowest BCUT2D eigenvalue weighted by atomic mass is 10.3. The van der Waals surface area contributed by atoms with Crippen molar-refractivity contribution in [3.8, 4) is 0 Å². The van der Waals surface area contributed by atoms with Gasteiger partial charge in [0.15, 0.2) is 5.65 Å². The fourth-order valence-corrected chi connectivity index (χ4v) is 1.98. The number of carbonyl (C=O) groups excluding carboxylic acids is 1. The van der Waals surface area contributed by atoms with Crippen LogP contribution in [0.3, 0.4) is 0 Å². The van der Waals surface area contributed by atoms with Gasteiger partial charge in [-0.2, -0.15) is 5.10 Å². The summed E-state index contributed by atoms with van der Waals surface area (Å²) >= 11 is 0. The normalized spacial score (nSPS) is 10.8. The van der Waals surface area contributed by atoms with Gasteiger partial charge in [-0.15, -0.1) is 10.2 Å². The predicted octanol–water partition coefficient (Wildman–Crippen LogP) is 0.435. The van der Waals surface area contributed by atoms with Crippen LogP contribution < -0.4 is 5.32 Å². The van der Waals surface area contributed by atoms with Crippen LogP contribution in [0, 0.1) is 0 Å². The van der Waals surface area contributed by atoms with Crippen molar-refractivity contribution >= 4 is 11.6 Å². The van der Waals surface area contributed by atoms with Gasteiger partial charge in [0.05, 0.1) is 0 Å². The Kier molecular flexibility index (Phi) is 3.16. The molecule has 3 aromatic rings. The molecule has 0 saturated carbocycles. The third-order valence-corrected chi connectivity index (χ3v) is 2.96. The smallest absolute Gasteiger partial charge is 0.271 e. The second kappa shape index (κ2) is 5.12. The molecule has 0 saturated heterocycles. The molecule has 0 spiro atoms. The number of nitrogens with one attached hydrogen (secondary N) is 1. The van der Waals surface area contributed by atoms with E-state index in [4.69, 9.17) is 0 Å². The summed E-state index contributed by atoms with van der Waals surface area (Å²) < 4.78 is 3.51. The molecular weight excluding hydrogens is 256 g/mol. The Hall–Kier alpha value is -2.70. The first-order valence-electron chi connectivity index (χ1n) is 6.30. The van der Waals surface area contributed by atoms with Crippen molar-refractivity contribution in [1.29, 1.82) is 0 Å². The van der Waals surface area contributed by atoms with Crippen molar-refractivity contribution in [1.82, 2.24) is 29.7 Å². The highest BCUT2D eigenvalue weighted by molar-refractivity contribution is 5.92. The van der Waals surface area contributed by atoms with Gasteiger partial charge in [0, 0.05) is 32.4 Å². The lowest BCUT2D eigenvalue weighted by Gasteiger charge is -2.02. The molecule has 0 aromatic carbocycles. The summed E-state index contributed by atoms with van der Waals surface area (Å²) in [5.41, 5.74) is 1.22. The van der Waals surface area contributed by atoms with E-state index in [-0.39, 0.29) is 5.91 Å². The number of amides is 1. The number of nitrogens with zero attached hydrogens (tertiary/aromatic N) is 5. The lowest BCUT2D eigenvalue weighted by molar-refractivity contribution is 0.0948. The van der Waals surface area contributed by atoms with Gasteiger partial charge in [0.2, 0.25) is 0 Å². The minimum Gasteiger partial charge on any atom is -0.350 e. The van der Waals surface area contributed by atoms with Crippen LogP contribution in [0.4, 0.5) is 0 Å². The van der Waals surface area contributed by atoms with E-state index in [1.807, 2.05) is 28.8 Å². The maximum Gasteiger partial charge on any atom is 0.271 e. The molecule has 1 amide bonds. The fourth-order valence-electron chi connectivity index (χ4n) is 1.98. The Balaban J connectivity index is 1.61. The minimum atomic E-state index is -0.181. The van der Waals surface area contributed by atoms with Crippen LogP contribution in [0.2, 0.25) is 0 Å². The van der Waals surface area contributed by atoms with Crippen molar-refractivity contribution in [3.63, 3.8) is 0 Å². The van der Waals surface area contributed by atoms with Crippen LogP contribution in [0.15, 0.2) is 36.7 Å². The lowest BCUT2D eigenvalue weighted by Crippen LogP contribution is -2.26. The number of rotatable bonds is 4. The third kappa shape index (κ3) is 2.37. The van der Waals surface area contributed by atoms with E-state index in [2.05, 4.69) is 20.6 Å². The van der Waals surface area contributed by atoms with Crippen molar-refractivity contribution in [3.05, 3.63) is 48.2 Å². The molecule has 1 N–H and O–H groups in total. The number of pyridine rings is 1. The maximum atomic E-state index is 11.8. The Morgan fingerprint density at radius 1 is 1.25 bits per heavy atom. The van der Waals surface area contributed by atoms with E-state index in [0.29, 0.717) is 18.7 Å². The molecule has 0 fully saturated rings. The van der Waals surface area contributed by atoms with E-state index in [0.717, 1.165) is 11.5 Å². The third-order valence-electron chi connectivity index (χ3n) is 2.96. The monoisotopic (exact) mass is 270 g/mol. The molecular formula is C13H14N6O. The van der Waals surface area contributed by atoms with Crippen LogP contribution in [-0.4, -0.2) is 36.8 Å². The molecule has 0 atom stereocenters. The molecule has 7 nitrogen and oxygen atoms in total. The number of aromatic nitrogens is 5. The van der Waals surface area contributed by atoms with Crippen LogP contribution in [0.1, 0.15) is 16.3 Å². The highest BCUT2D eigenvalue weighted by Crippen LogP contribution is 2.03. The first-order valence-corrected chi connectivity index (χ1v) is 6.30. The van der Waals surface area contributed by atoms with E-state index in [1.54, 1.807) is 24.0 Å². The number of hydrogen-bond acceptors (Lipinski definition) is 4. The van der Waals surface area contributed by atoms with E-state index < -0.39 is 0 Å². The van der Waals surface area contributed by atoms with Gasteiger partial charge in [-0.1, -0.05) is 6.07 Å². The van der Waals surface area contributed by atoms with Crippen LogP contribution >= 0.6 is 0 Å². The maximum absolute atomic E-state index is 11.8. The highest BCUT2D eigenvalue weighted by Gasteiger charge is 2.09. The largest absolute Gasteiger partial charge is 0.350 e. The summed E-state index contributed by atoms with van der Waals surface area (Å²) in [5, 5.41) is 15.0. The highest BCUT2D eigenvalue weighted by atomic mass is 16.1. The second-order valence-electron chi connectivity index (χ2n) is 4.43. The van der Waals surface area contributed by atoms with E-state index >= 15 is 0 Å². The molecule has 0 radical (unpaired) electrons. The molecule has 0 aliphatic heterocycles. The minimum absolute atomic E-state index is 0.181. The molecule has 0 aliphatic rings. The number of hydrogen-bond donors (Lipinski definition) is 1. The Morgan fingerprint density at radius 3 is 2.95 bits per heavy atom. The summed E-state index contributed by atoms with van der Waals surface area (Å²) in [6.45, 7) is 0.491.